The van der Waals surface area contributed by atoms with Crippen molar-refractivity contribution in [2.24, 2.45) is 0 Å². The van der Waals surface area contributed by atoms with Gasteiger partial charge in [-0.05, 0) is 53.2 Å². The lowest BCUT2D eigenvalue weighted by Gasteiger charge is -2.16. The number of hydrogen-bond acceptors (Lipinski definition) is 3. The molecule has 96 valence electrons. The van der Waals surface area contributed by atoms with Gasteiger partial charge in [0, 0.05) is 21.2 Å². The zero-order chi connectivity index (χ0) is 12.8. The van der Waals surface area contributed by atoms with E-state index in [9.17, 15) is 0 Å². The fraction of sp³-hybridized carbons (Fsp3) is 0.286. The van der Waals surface area contributed by atoms with E-state index in [0.29, 0.717) is 6.04 Å². The predicted octanol–water partition coefficient (Wildman–Crippen LogP) is 4.95. The molecule has 4 heteroatoms. The van der Waals surface area contributed by atoms with E-state index in [1.807, 2.05) is 11.8 Å². The first-order valence-corrected chi connectivity index (χ1v) is 8.65. The van der Waals surface area contributed by atoms with Crippen LogP contribution < -0.4 is 5.32 Å². The molecule has 0 saturated heterocycles. The van der Waals surface area contributed by atoms with Crippen LogP contribution in [-0.4, -0.2) is 12.3 Å². The summed E-state index contributed by atoms with van der Waals surface area (Å²) < 4.78 is 1.13. The Morgan fingerprint density at radius 1 is 1.28 bits per heavy atom. The van der Waals surface area contributed by atoms with Gasteiger partial charge >= 0.3 is 0 Å². The highest BCUT2D eigenvalue weighted by atomic mass is 79.9. The third-order valence-electron chi connectivity index (χ3n) is 2.63. The van der Waals surface area contributed by atoms with E-state index < -0.39 is 0 Å². The normalized spacial score (nSPS) is 12.6. The molecular formula is C14H16BrNS2. The number of rotatable bonds is 6. The Hall–Kier alpha value is -0.290. The second-order valence-corrected chi connectivity index (χ2v) is 6.72. The van der Waals surface area contributed by atoms with Gasteiger partial charge in [-0.1, -0.05) is 22.9 Å². The number of thioether (sulfide) groups is 1. The van der Waals surface area contributed by atoms with Gasteiger partial charge in [0.25, 0.3) is 0 Å². The molecule has 1 nitrogen and oxygen atoms in total. The molecule has 2 rings (SSSR count). The molecule has 1 aromatic carbocycles. The van der Waals surface area contributed by atoms with Gasteiger partial charge in [0.05, 0.1) is 0 Å². The molecule has 0 aliphatic rings. The second kappa shape index (κ2) is 7.34. The second-order valence-electron chi connectivity index (χ2n) is 3.93. The fourth-order valence-electron chi connectivity index (χ4n) is 1.70. The van der Waals surface area contributed by atoms with E-state index in [2.05, 4.69) is 69.3 Å². The number of nitrogens with one attached hydrogen (secondary N) is 1. The lowest BCUT2D eigenvalue weighted by atomic mass is 10.2. The van der Waals surface area contributed by atoms with E-state index in [4.69, 9.17) is 0 Å². The molecule has 1 unspecified atom stereocenters. The Kier molecular flexibility index (Phi) is 5.76. The van der Waals surface area contributed by atoms with E-state index in [1.165, 1.54) is 10.5 Å². The number of hydrogen-bond donors (Lipinski definition) is 1. The molecule has 0 aliphatic heterocycles. The summed E-state index contributed by atoms with van der Waals surface area (Å²) in [4.78, 5) is 1.32. The summed E-state index contributed by atoms with van der Waals surface area (Å²) >= 11 is 7.12. The highest BCUT2D eigenvalue weighted by Gasteiger charge is 2.10. The molecule has 1 N–H and O–H groups in total. The van der Waals surface area contributed by atoms with Crippen LogP contribution in [0.3, 0.4) is 0 Å². The largest absolute Gasteiger partial charge is 0.309 e. The fourth-order valence-corrected chi connectivity index (χ4v) is 3.68. The lowest BCUT2D eigenvalue weighted by Crippen LogP contribution is -2.22. The summed E-state index contributed by atoms with van der Waals surface area (Å²) in [5.74, 6) is 1.06. The Morgan fingerprint density at radius 3 is 2.67 bits per heavy atom. The van der Waals surface area contributed by atoms with Gasteiger partial charge in [-0.15, -0.1) is 11.8 Å². The molecule has 2 aromatic rings. The first-order valence-electron chi connectivity index (χ1n) is 5.93. The topological polar surface area (TPSA) is 12.0 Å². The van der Waals surface area contributed by atoms with Crippen LogP contribution in [0.25, 0.3) is 0 Å². The van der Waals surface area contributed by atoms with Gasteiger partial charge < -0.3 is 5.32 Å². The third kappa shape index (κ3) is 4.12. The maximum absolute atomic E-state index is 3.54. The monoisotopic (exact) mass is 341 g/mol. The van der Waals surface area contributed by atoms with Crippen LogP contribution in [0.1, 0.15) is 18.5 Å². The summed E-state index contributed by atoms with van der Waals surface area (Å²) in [6.45, 7) is 3.16. The SMILES string of the molecule is CCNC(CSc1ccc(Br)cc1)c1ccsc1. The molecule has 0 fully saturated rings. The molecule has 1 heterocycles. The van der Waals surface area contributed by atoms with Crippen molar-refractivity contribution in [3.05, 3.63) is 51.1 Å². The van der Waals surface area contributed by atoms with Crippen LogP contribution >= 0.6 is 39.0 Å². The average molecular weight is 342 g/mol. The standard InChI is InChI=1S/C14H16BrNS2/c1-2-16-14(11-7-8-17-9-11)10-18-13-5-3-12(15)4-6-13/h3-9,14,16H,2,10H2,1H3. The van der Waals surface area contributed by atoms with Gasteiger partial charge in [-0.3, -0.25) is 0 Å². The molecular weight excluding hydrogens is 326 g/mol. The highest BCUT2D eigenvalue weighted by Crippen LogP contribution is 2.26. The van der Waals surface area contributed by atoms with Crippen molar-refractivity contribution in [3.63, 3.8) is 0 Å². The van der Waals surface area contributed by atoms with Crippen molar-refractivity contribution in [1.82, 2.24) is 5.32 Å². The molecule has 0 aliphatic carbocycles. The van der Waals surface area contributed by atoms with Crippen LogP contribution in [0.5, 0.6) is 0 Å². The Morgan fingerprint density at radius 2 is 2.06 bits per heavy atom. The Bertz CT molecular complexity index is 453. The quantitative estimate of drug-likeness (QED) is 0.745. The van der Waals surface area contributed by atoms with Crippen molar-refractivity contribution in [2.45, 2.75) is 17.9 Å². The van der Waals surface area contributed by atoms with Crippen LogP contribution in [0.4, 0.5) is 0 Å². The molecule has 0 spiro atoms. The van der Waals surface area contributed by atoms with Crippen molar-refractivity contribution in [1.29, 1.82) is 0 Å². The average Bonchev–Trinajstić information content (AvgIpc) is 2.90. The highest BCUT2D eigenvalue weighted by molar-refractivity contribution is 9.10. The summed E-state index contributed by atoms with van der Waals surface area (Å²) in [6.07, 6.45) is 0. The third-order valence-corrected chi connectivity index (χ3v) is 4.96. The zero-order valence-electron chi connectivity index (χ0n) is 10.2. The maximum Gasteiger partial charge on any atom is 0.0423 e. The van der Waals surface area contributed by atoms with Crippen molar-refractivity contribution < 1.29 is 0 Å². The molecule has 0 amide bonds. The van der Waals surface area contributed by atoms with Gasteiger partial charge in [0.2, 0.25) is 0 Å². The number of halogens is 1. The first kappa shape index (κ1) is 14.1. The minimum Gasteiger partial charge on any atom is -0.309 e. The molecule has 18 heavy (non-hydrogen) atoms. The summed E-state index contributed by atoms with van der Waals surface area (Å²) in [5, 5.41) is 7.92. The maximum atomic E-state index is 3.54. The molecule has 1 aromatic heterocycles. The zero-order valence-corrected chi connectivity index (χ0v) is 13.4. The summed E-state index contributed by atoms with van der Waals surface area (Å²) in [7, 11) is 0. The van der Waals surface area contributed by atoms with Crippen LogP contribution in [0.15, 0.2) is 50.5 Å². The summed E-state index contributed by atoms with van der Waals surface area (Å²) in [5.41, 5.74) is 1.39. The van der Waals surface area contributed by atoms with E-state index >= 15 is 0 Å². The molecule has 0 saturated carbocycles. The van der Waals surface area contributed by atoms with Gasteiger partial charge in [0.15, 0.2) is 0 Å². The minimum atomic E-state index is 0.440. The van der Waals surface area contributed by atoms with Crippen molar-refractivity contribution >= 4 is 39.0 Å². The van der Waals surface area contributed by atoms with E-state index in [0.717, 1.165) is 16.8 Å². The smallest absolute Gasteiger partial charge is 0.0423 e. The Balaban J connectivity index is 1.95. The van der Waals surface area contributed by atoms with Crippen LogP contribution in [0.2, 0.25) is 0 Å². The number of thiophene rings is 1. The van der Waals surface area contributed by atoms with Gasteiger partial charge in [0.1, 0.15) is 0 Å². The lowest BCUT2D eigenvalue weighted by molar-refractivity contribution is 0.608. The van der Waals surface area contributed by atoms with E-state index in [1.54, 1.807) is 11.3 Å². The minimum absolute atomic E-state index is 0.440. The van der Waals surface area contributed by atoms with Crippen molar-refractivity contribution in [3.8, 4) is 0 Å². The predicted molar refractivity (Wildman–Crippen MR) is 85.6 cm³/mol. The van der Waals surface area contributed by atoms with E-state index in [-0.39, 0.29) is 0 Å². The van der Waals surface area contributed by atoms with Gasteiger partial charge in [-0.25, -0.2) is 0 Å². The molecule has 0 radical (unpaired) electrons. The van der Waals surface area contributed by atoms with Gasteiger partial charge in [-0.2, -0.15) is 11.3 Å². The molecule has 1 atom stereocenters. The van der Waals surface area contributed by atoms with Crippen LogP contribution in [-0.2, 0) is 0 Å². The van der Waals surface area contributed by atoms with Crippen LogP contribution in [0, 0.1) is 0 Å². The number of benzene rings is 1. The Labute approximate surface area is 125 Å². The molecule has 0 bridgehead atoms. The summed E-state index contributed by atoms with van der Waals surface area (Å²) in [6, 6.07) is 11.1. The van der Waals surface area contributed by atoms with Crippen molar-refractivity contribution in [2.75, 3.05) is 12.3 Å². The first-order chi connectivity index (χ1) is 8.79.